The predicted octanol–water partition coefficient (Wildman–Crippen LogP) is 1.81. The summed E-state index contributed by atoms with van der Waals surface area (Å²) in [5.41, 5.74) is 2.47. The number of rotatable bonds is 5. The summed E-state index contributed by atoms with van der Waals surface area (Å²) in [6.45, 7) is 7.20. The van der Waals surface area contributed by atoms with E-state index in [4.69, 9.17) is 4.74 Å². The highest BCUT2D eigenvalue weighted by Gasteiger charge is 2.30. The number of hydrogen-bond donors (Lipinski definition) is 0. The summed E-state index contributed by atoms with van der Waals surface area (Å²) >= 11 is 0. The minimum absolute atomic E-state index is 0.100. The van der Waals surface area contributed by atoms with Crippen molar-refractivity contribution in [2.75, 3.05) is 39.0 Å². The maximum Gasteiger partial charge on any atom is 0.257 e. The minimum Gasteiger partial charge on any atom is -0.496 e. The fourth-order valence-electron chi connectivity index (χ4n) is 3.08. The molecule has 1 saturated heterocycles. The van der Waals surface area contributed by atoms with Crippen LogP contribution in [-0.4, -0.2) is 62.6 Å². The maximum atomic E-state index is 12.9. The van der Waals surface area contributed by atoms with Crippen LogP contribution in [0.4, 0.5) is 0 Å². The summed E-state index contributed by atoms with van der Waals surface area (Å²) in [7, 11) is -1.65. The average molecular weight is 354 g/mol. The Morgan fingerprint density at radius 1 is 1.17 bits per heavy atom. The molecule has 0 spiro atoms. The monoisotopic (exact) mass is 354 g/mol. The molecule has 1 aromatic carbocycles. The summed E-state index contributed by atoms with van der Waals surface area (Å²) in [6.07, 6.45) is 0.598. The van der Waals surface area contributed by atoms with Crippen LogP contribution in [0, 0.1) is 13.8 Å². The van der Waals surface area contributed by atoms with Crippen molar-refractivity contribution in [3.05, 3.63) is 28.8 Å². The lowest BCUT2D eigenvalue weighted by Crippen LogP contribution is -2.51. The van der Waals surface area contributed by atoms with Crippen LogP contribution in [0.2, 0.25) is 0 Å². The first-order valence-corrected chi connectivity index (χ1v) is 9.83. The Kier molecular flexibility index (Phi) is 5.87. The van der Waals surface area contributed by atoms with E-state index in [0.717, 1.165) is 11.1 Å². The predicted molar refractivity (Wildman–Crippen MR) is 94.0 cm³/mol. The van der Waals surface area contributed by atoms with Crippen LogP contribution < -0.4 is 4.74 Å². The van der Waals surface area contributed by atoms with E-state index >= 15 is 0 Å². The molecule has 2 rings (SSSR count). The number of hydrogen-bond acceptors (Lipinski definition) is 4. The van der Waals surface area contributed by atoms with E-state index < -0.39 is 10.0 Å². The molecule has 1 aromatic rings. The molecule has 1 fully saturated rings. The van der Waals surface area contributed by atoms with Crippen molar-refractivity contribution in [1.29, 1.82) is 0 Å². The smallest absolute Gasteiger partial charge is 0.257 e. The summed E-state index contributed by atoms with van der Waals surface area (Å²) in [6, 6.07) is 3.81. The summed E-state index contributed by atoms with van der Waals surface area (Å²) in [5.74, 6) is 0.627. The van der Waals surface area contributed by atoms with Crippen molar-refractivity contribution >= 4 is 15.9 Å². The molecule has 0 bridgehead atoms. The Morgan fingerprint density at radius 3 is 2.33 bits per heavy atom. The van der Waals surface area contributed by atoms with E-state index in [9.17, 15) is 13.2 Å². The normalized spacial score (nSPS) is 16.2. The number of ether oxygens (including phenoxy) is 1. The number of sulfonamides is 1. The van der Waals surface area contributed by atoms with Crippen LogP contribution in [0.5, 0.6) is 5.75 Å². The van der Waals surface area contributed by atoms with Gasteiger partial charge in [0, 0.05) is 26.2 Å². The molecule has 6 nitrogen and oxygen atoms in total. The largest absolute Gasteiger partial charge is 0.496 e. The molecular formula is C17H26N2O4S. The molecule has 1 aliphatic rings. The van der Waals surface area contributed by atoms with Gasteiger partial charge in [-0.3, -0.25) is 4.79 Å². The number of benzene rings is 1. The van der Waals surface area contributed by atoms with Crippen molar-refractivity contribution < 1.29 is 17.9 Å². The molecule has 134 valence electrons. The number of amides is 1. The van der Waals surface area contributed by atoms with Gasteiger partial charge in [0.1, 0.15) is 5.75 Å². The second-order valence-electron chi connectivity index (χ2n) is 6.17. The number of methoxy groups -OCH3 is 1. The number of carbonyl (C=O) groups excluding carboxylic acids is 1. The minimum atomic E-state index is -3.20. The quantitative estimate of drug-likeness (QED) is 0.809. The van der Waals surface area contributed by atoms with Gasteiger partial charge in [0.25, 0.3) is 5.91 Å². The second kappa shape index (κ2) is 7.53. The molecular weight excluding hydrogens is 328 g/mol. The van der Waals surface area contributed by atoms with Gasteiger partial charge in [0.2, 0.25) is 10.0 Å². The zero-order chi connectivity index (χ0) is 17.9. The Morgan fingerprint density at radius 2 is 1.79 bits per heavy atom. The second-order valence-corrected chi connectivity index (χ2v) is 8.25. The first-order valence-electron chi connectivity index (χ1n) is 8.22. The van der Waals surface area contributed by atoms with Crippen LogP contribution in [0.15, 0.2) is 12.1 Å². The summed E-state index contributed by atoms with van der Waals surface area (Å²) in [4.78, 5) is 14.6. The van der Waals surface area contributed by atoms with Crippen molar-refractivity contribution in [1.82, 2.24) is 9.21 Å². The highest BCUT2D eigenvalue weighted by molar-refractivity contribution is 7.89. The van der Waals surface area contributed by atoms with E-state index in [1.54, 1.807) is 12.0 Å². The van der Waals surface area contributed by atoms with E-state index in [2.05, 4.69) is 0 Å². The average Bonchev–Trinajstić information content (AvgIpc) is 2.53. The van der Waals surface area contributed by atoms with Gasteiger partial charge >= 0.3 is 0 Å². The zero-order valence-corrected chi connectivity index (χ0v) is 15.6. The lowest BCUT2D eigenvalue weighted by atomic mass is 10.0. The van der Waals surface area contributed by atoms with Crippen LogP contribution in [0.3, 0.4) is 0 Å². The SMILES string of the molecule is CCCS(=O)(=O)N1CCN(C(=O)c2c(C)cc(C)cc2OC)CC1. The van der Waals surface area contributed by atoms with Crippen LogP contribution in [0.1, 0.15) is 34.8 Å². The molecule has 0 aliphatic carbocycles. The third-order valence-electron chi connectivity index (χ3n) is 4.26. The van der Waals surface area contributed by atoms with Crippen LogP contribution in [-0.2, 0) is 10.0 Å². The molecule has 7 heteroatoms. The fourth-order valence-corrected chi connectivity index (χ4v) is 4.57. The Labute approximate surface area is 144 Å². The Hall–Kier alpha value is -1.60. The lowest BCUT2D eigenvalue weighted by molar-refractivity contribution is 0.0693. The van der Waals surface area contributed by atoms with E-state index in [-0.39, 0.29) is 11.7 Å². The molecule has 0 aromatic heterocycles. The van der Waals surface area contributed by atoms with Crippen molar-refractivity contribution in [3.8, 4) is 5.75 Å². The fraction of sp³-hybridized carbons (Fsp3) is 0.588. The van der Waals surface area contributed by atoms with Gasteiger partial charge < -0.3 is 9.64 Å². The third kappa shape index (κ3) is 3.89. The molecule has 1 aliphatic heterocycles. The Bertz CT molecular complexity index is 708. The topological polar surface area (TPSA) is 66.9 Å². The van der Waals surface area contributed by atoms with E-state index in [1.807, 2.05) is 32.9 Å². The molecule has 0 atom stereocenters. The summed E-state index contributed by atoms with van der Waals surface area (Å²) < 4.78 is 31.1. The first kappa shape index (κ1) is 18.7. The number of piperazine rings is 1. The summed E-state index contributed by atoms with van der Waals surface area (Å²) in [5, 5.41) is 0. The van der Waals surface area contributed by atoms with Crippen LogP contribution in [0.25, 0.3) is 0 Å². The molecule has 0 saturated carbocycles. The van der Waals surface area contributed by atoms with Gasteiger partial charge in [-0.1, -0.05) is 13.0 Å². The van der Waals surface area contributed by atoms with Gasteiger partial charge in [-0.2, -0.15) is 4.31 Å². The zero-order valence-electron chi connectivity index (χ0n) is 14.8. The molecule has 0 unspecified atom stereocenters. The molecule has 1 heterocycles. The number of carbonyl (C=O) groups is 1. The van der Waals surface area contributed by atoms with Gasteiger partial charge in [0.05, 0.1) is 18.4 Å². The molecule has 0 radical (unpaired) electrons. The highest BCUT2D eigenvalue weighted by Crippen LogP contribution is 2.26. The van der Waals surface area contributed by atoms with Gasteiger partial charge in [-0.25, -0.2) is 8.42 Å². The maximum absolute atomic E-state index is 12.9. The third-order valence-corrected chi connectivity index (χ3v) is 6.33. The number of aryl methyl sites for hydroxylation is 2. The molecule has 0 N–H and O–H groups in total. The van der Waals surface area contributed by atoms with Crippen LogP contribution >= 0.6 is 0 Å². The van der Waals surface area contributed by atoms with Crippen molar-refractivity contribution in [2.24, 2.45) is 0 Å². The first-order chi connectivity index (χ1) is 11.3. The highest BCUT2D eigenvalue weighted by atomic mass is 32.2. The van der Waals surface area contributed by atoms with E-state index in [0.29, 0.717) is 43.9 Å². The molecule has 1 amide bonds. The Balaban J connectivity index is 2.14. The van der Waals surface area contributed by atoms with Gasteiger partial charge in [-0.15, -0.1) is 0 Å². The van der Waals surface area contributed by atoms with Crippen molar-refractivity contribution in [3.63, 3.8) is 0 Å². The lowest BCUT2D eigenvalue weighted by Gasteiger charge is -2.34. The van der Waals surface area contributed by atoms with Gasteiger partial charge in [0.15, 0.2) is 0 Å². The molecule has 24 heavy (non-hydrogen) atoms. The van der Waals surface area contributed by atoms with Crippen molar-refractivity contribution in [2.45, 2.75) is 27.2 Å². The van der Waals surface area contributed by atoms with Gasteiger partial charge in [-0.05, 0) is 37.5 Å². The van der Waals surface area contributed by atoms with E-state index in [1.165, 1.54) is 4.31 Å². The standard InChI is InChI=1S/C17H26N2O4S/c1-5-10-24(21,22)19-8-6-18(7-9-19)17(20)16-14(3)11-13(2)12-15(16)23-4/h11-12H,5-10H2,1-4H3. The number of nitrogens with zero attached hydrogens (tertiary/aromatic N) is 2.